The molecule has 8 nitrogen and oxygen atoms in total. The molecule has 3 heterocycles. The van der Waals surface area contributed by atoms with Crippen LogP contribution >= 0.6 is 0 Å². The maximum absolute atomic E-state index is 13.6. The highest BCUT2D eigenvalue weighted by Crippen LogP contribution is 2.43. The number of furan rings is 1. The normalized spacial score (nSPS) is 12.0. The van der Waals surface area contributed by atoms with Crippen molar-refractivity contribution in [1.82, 2.24) is 9.97 Å². The molecule has 5 aromatic rings. The third kappa shape index (κ3) is 3.68. The number of hydrogen-bond acceptors (Lipinski definition) is 5. The fourth-order valence-corrected chi connectivity index (χ4v) is 4.55. The Labute approximate surface area is 205 Å². The Bertz CT molecular complexity index is 1680. The van der Waals surface area contributed by atoms with Crippen LogP contribution in [0.1, 0.15) is 44.7 Å². The molecule has 0 aliphatic rings. The number of allylic oxidation sites excluding steroid dienone is 1. The van der Waals surface area contributed by atoms with Crippen LogP contribution in [0.5, 0.6) is 5.75 Å². The number of aromatic amines is 2. The Morgan fingerprint density at radius 2 is 1.83 bits per heavy atom. The molecule has 5 rings (SSSR count). The topological polar surface area (TPSA) is 140 Å². The predicted octanol–water partition coefficient (Wildman–Crippen LogP) is 5.33. The Balaban J connectivity index is 1.65. The summed E-state index contributed by atoms with van der Waals surface area (Å²) in [6.07, 6.45) is 5.59. The van der Waals surface area contributed by atoms with Crippen LogP contribution in [0.25, 0.3) is 32.9 Å². The number of hydrogen-bond donors (Lipinski definition) is 5. The lowest BCUT2D eigenvalue weighted by molar-refractivity contribution is 0.0661. The highest BCUT2D eigenvalue weighted by atomic mass is 16.4. The number of nitrogens with one attached hydrogen (secondary N) is 2. The zero-order valence-electron chi connectivity index (χ0n) is 19.7. The number of aromatic nitrogens is 2. The molecule has 3 aromatic heterocycles. The first-order chi connectivity index (χ1) is 17.3. The van der Waals surface area contributed by atoms with Gasteiger partial charge >= 0.3 is 5.97 Å². The maximum atomic E-state index is 13.6. The molecule has 8 heteroatoms. The highest BCUT2D eigenvalue weighted by molar-refractivity contribution is 6.19. The molecule has 0 fully saturated rings. The molecule has 2 aromatic carbocycles. The zero-order valence-corrected chi connectivity index (χ0v) is 19.7. The number of carbonyl (C=O) groups is 2. The number of aryl methyl sites for hydroxylation is 1. The number of benzene rings is 2. The van der Waals surface area contributed by atoms with Gasteiger partial charge in [-0.2, -0.15) is 0 Å². The van der Waals surface area contributed by atoms with E-state index < -0.39 is 29.0 Å². The van der Waals surface area contributed by atoms with Crippen molar-refractivity contribution in [3.63, 3.8) is 0 Å². The summed E-state index contributed by atoms with van der Waals surface area (Å²) in [6.45, 7) is 3.67. The third-order valence-corrected chi connectivity index (χ3v) is 6.44. The van der Waals surface area contributed by atoms with E-state index in [9.17, 15) is 24.9 Å². The standard InChI is InChI=1S/C28H24N2O6/c1-14(13-31)7-9-16-10-8-15(2)21-19(12-30-23(16)21)24(32)27-25(33)22(26(36-27)28(34)35)18-11-29-20-6-4-3-5-17(18)20/h3-8,10-12,29-31,33H,9,13H2,1-2H3,(H,34,35)/b14-7+. The first-order valence-electron chi connectivity index (χ1n) is 11.4. The summed E-state index contributed by atoms with van der Waals surface area (Å²) in [7, 11) is 0. The Morgan fingerprint density at radius 3 is 2.58 bits per heavy atom. The van der Waals surface area contributed by atoms with Gasteiger partial charge in [-0.15, -0.1) is 0 Å². The minimum Gasteiger partial charge on any atom is -0.504 e. The summed E-state index contributed by atoms with van der Waals surface area (Å²) >= 11 is 0. The number of aromatic hydroxyl groups is 1. The number of carboxylic acids is 1. The number of carbonyl (C=O) groups excluding carboxylic acids is 1. The van der Waals surface area contributed by atoms with Gasteiger partial charge in [0.25, 0.3) is 0 Å². The predicted molar refractivity (Wildman–Crippen MR) is 136 cm³/mol. The van der Waals surface area contributed by atoms with Crippen LogP contribution < -0.4 is 0 Å². The molecule has 182 valence electrons. The summed E-state index contributed by atoms with van der Waals surface area (Å²) in [5, 5.41) is 31.5. The van der Waals surface area contributed by atoms with Crippen molar-refractivity contribution in [3.8, 4) is 16.9 Å². The molecule has 0 saturated carbocycles. The summed E-state index contributed by atoms with van der Waals surface area (Å²) in [5.41, 5.74) is 4.73. The molecular formula is C28H24N2O6. The lowest BCUT2D eigenvalue weighted by Crippen LogP contribution is -2.00. The van der Waals surface area contributed by atoms with Gasteiger partial charge in [-0.1, -0.05) is 42.0 Å². The molecule has 0 aliphatic carbocycles. The SMILES string of the molecule is C/C(=C\Cc1ccc(C)c2c(C(=O)c3oc(C(=O)O)c(-c4c[nH]c5ccccc45)c3O)c[nH]c12)CO. The molecule has 0 saturated heterocycles. The summed E-state index contributed by atoms with van der Waals surface area (Å²) in [6, 6.07) is 11.1. The van der Waals surface area contributed by atoms with Gasteiger partial charge in [0.15, 0.2) is 5.75 Å². The second kappa shape index (κ2) is 8.90. The first-order valence-corrected chi connectivity index (χ1v) is 11.4. The van der Waals surface area contributed by atoms with E-state index in [0.717, 1.165) is 27.7 Å². The highest BCUT2D eigenvalue weighted by Gasteiger charge is 2.32. The fourth-order valence-electron chi connectivity index (χ4n) is 4.55. The number of carboxylic acid groups (broad SMARTS) is 1. The van der Waals surface area contributed by atoms with Gasteiger partial charge in [0.2, 0.25) is 17.3 Å². The summed E-state index contributed by atoms with van der Waals surface area (Å²) in [4.78, 5) is 31.9. The molecule has 36 heavy (non-hydrogen) atoms. The minimum absolute atomic E-state index is 0.0358. The van der Waals surface area contributed by atoms with E-state index in [2.05, 4.69) is 9.97 Å². The van der Waals surface area contributed by atoms with Gasteiger partial charge in [-0.25, -0.2) is 4.79 Å². The van der Waals surface area contributed by atoms with Crippen LogP contribution in [-0.2, 0) is 6.42 Å². The van der Waals surface area contributed by atoms with E-state index in [1.807, 2.05) is 44.2 Å². The smallest absolute Gasteiger partial charge is 0.372 e. The van der Waals surface area contributed by atoms with E-state index in [1.165, 1.54) is 0 Å². The average molecular weight is 485 g/mol. The average Bonchev–Trinajstić information content (AvgIpc) is 3.58. The lowest BCUT2D eigenvalue weighted by Gasteiger charge is -2.06. The Hall–Kier alpha value is -4.56. The fraction of sp³-hybridized carbons (Fsp3) is 0.143. The largest absolute Gasteiger partial charge is 0.504 e. The van der Waals surface area contributed by atoms with Crippen LogP contribution in [0.4, 0.5) is 0 Å². The number of ketones is 1. The van der Waals surface area contributed by atoms with Crippen LogP contribution in [0.15, 0.2) is 64.9 Å². The van der Waals surface area contributed by atoms with Crippen LogP contribution in [0, 0.1) is 6.92 Å². The number of aliphatic hydroxyl groups excluding tert-OH is 1. The van der Waals surface area contributed by atoms with Crippen LogP contribution in [-0.4, -0.2) is 43.6 Å². The monoisotopic (exact) mass is 484 g/mol. The van der Waals surface area contributed by atoms with Crippen molar-refractivity contribution in [3.05, 3.63) is 88.7 Å². The number of rotatable bonds is 7. The van der Waals surface area contributed by atoms with Crippen molar-refractivity contribution >= 4 is 33.6 Å². The van der Waals surface area contributed by atoms with Gasteiger partial charge in [0.05, 0.1) is 17.7 Å². The van der Waals surface area contributed by atoms with Crippen molar-refractivity contribution in [1.29, 1.82) is 0 Å². The van der Waals surface area contributed by atoms with Gasteiger partial charge in [0.1, 0.15) is 0 Å². The van der Waals surface area contributed by atoms with Crippen molar-refractivity contribution in [2.45, 2.75) is 20.3 Å². The lowest BCUT2D eigenvalue weighted by atomic mass is 9.98. The molecular weight excluding hydrogens is 460 g/mol. The molecule has 0 bridgehead atoms. The second-order valence-corrected chi connectivity index (χ2v) is 8.77. The number of aromatic carboxylic acids is 1. The van der Waals surface area contributed by atoms with E-state index in [1.54, 1.807) is 24.5 Å². The maximum Gasteiger partial charge on any atom is 0.372 e. The summed E-state index contributed by atoms with van der Waals surface area (Å²) in [5.74, 6) is -3.49. The molecule has 0 unspecified atom stereocenters. The minimum atomic E-state index is -1.40. The van der Waals surface area contributed by atoms with Gasteiger partial charge < -0.3 is 29.7 Å². The van der Waals surface area contributed by atoms with E-state index in [0.29, 0.717) is 22.8 Å². The number of aliphatic hydroxyl groups is 1. The van der Waals surface area contributed by atoms with Crippen molar-refractivity contribution in [2.75, 3.05) is 6.61 Å². The zero-order chi connectivity index (χ0) is 25.6. The molecule has 0 atom stereocenters. The van der Waals surface area contributed by atoms with Gasteiger partial charge in [-0.3, -0.25) is 4.79 Å². The number of para-hydroxylation sites is 1. The van der Waals surface area contributed by atoms with E-state index >= 15 is 0 Å². The molecule has 5 N–H and O–H groups in total. The van der Waals surface area contributed by atoms with Crippen LogP contribution in [0.3, 0.4) is 0 Å². The quantitative estimate of drug-likeness (QED) is 0.156. The third-order valence-electron chi connectivity index (χ3n) is 6.44. The second-order valence-electron chi connectivity index (χ2n) is 8.77. The van der Waals surface area contributed by atoms with Gasteiger partial charge in [-0.05, 0) is 37.5 Å². The Kier molecular flexibility index (Phi) is 5.74. The molecule has 0 radical (unpaired) electrons. The molecule has 0 spiro atoms. The number of fused-ring (bicyclic) bond motifs is 2. The Morgan fingerprint density at radius 1 is 1.06 bits per heavy atom. The molecule has 0 amide bonds. The van der Waals surface area contributed by atoms with E-state index in [-0.39, 0.29) is 17.7 Å². The van der Waals surface area contributed by atoms with Crippen molar-refractivity contribution in [2.24, 2.45) is 0 Å². The first kappa shape index (κ1) is 23.2. The van der Waals surface area contributed by atoms with Gasteiger partial charge in [0, 0.05) is 39.8 Å². The number of H-pyrrole nitrogens is 2. The van der Waals surface area contributed by atoms with Crippen molar-refractivity contribution < 1.29 is 29.3 Å². The molecule has 0 aliphatic heterocycles. The van der Waals surface area contributed by atoms with Crippen LogP contribution in [0.2, 0.25) is 0 Å². The summed E-state index contributed by atoms with van der Waals surface area (Å²) < 4.78 is 5.51. The van der Waals surface area contributed by atoms with E-state index in [4.69, 9.17) is 4.42 Å².